The number of nitrogens with two attached hydrogens (primary N) is 1. The second-order valence-corrected chi connectivity index (χ2v) is 8.38. The van der Waals surface area contributed by atoms with Gasteiger partial charge in [0.05, 0.1) is 23.3 Å². The fraction of sp³-hybridized carbons (Fsp3) is 0.429. The zero-order valence-electron chi connectivity index (χ0n) is 18.7. The minimum Gasteiger partial charge on any atom is -0.367 e. The largest absolute Gasteiger partial charge is 0.410 e. The number of fused-ring (bicyclic) bond motifs is 2. The van der Waals surface area contributed by atoms with Gasteiger partial charge in [0.2, 0.25) is 5.95 Å². The molecule has 13 heteroatoms. The van der Waals surface area contributed by atoms with Gasteiger partial charge in [0, 0.05) is 24.7 Å². The number of alkyl halides is 5. The average Bonchev–Trinajstić information content (AvgIpc) is 3.42. The van der Waals surface area contributed by atoms with E-state index in [1.54, 1.807) is 47.8 Å². The number of aryl methyl sites for hydroxylation is 1. The molecule has 1 fully saturated rings. The van der Waals surface area contributed by atoms with Gasteiger partial charge in [0.15, 0.2) is 0 Å². The highest BCUT2D eigenvalue weighted by Crippen LogP contribution is 2.34. The van der Waals surface area contributed by atoms with Crippen LogP contribution in [0.25, 0.3) is 27.7 Å². The van der Waals surface area contributed by atoms with Crippen LogP contribution in [0.2, 0.25) is 0 Å². The molecule has 0 saturated carbocycles. The highest BCUT2D eigenvalue weighted by atomic mass is 19.4. The van der Waals surface area contributed by atoms with Crippen molar-refractivity contribution in [3.8, 4) is 11.1 Å². The molecule has 4 aromatic rings. The molecular weight excluding hydrogens is 459 g/mol. The van der Waals surface area contributed by atoms with Gasteiger partial charge in [-0.3, -0.25) is 0 Å². The number of halogens is 5. The van der Waals surface area contributed by atoms with E-state index in [0.29, 0.717) is 23.3 Å². The smallest absolute Gasteiger partial charge is 0.367 e. The summed E-state index contributed by atoms with van der Waals surface area (Å²) in [5, 5.41) is 11.6. The Balaban J connectivity index is 0.000000291. The summed E-state index contributed by atoms with van der Waals surface area (Å²) in [6, 6.07) is 5.11. The minimum atomic E-state index is -4.42. The summed E-state index contributed by atoms with van der Waals surface area (Å²) in [5.41, 5.74) is 9.28. The molecule has 5 rings (SSSR count). The van der Waals surface area contributed by atoms with Crippen molar-refractivity contribution in [2.45, 2.75) is 38.4 Å². The first kappa shape index (κ1) is 23.8. The van der Waals surface area contributed by atoms with Crippen LogP contribution in [0.15, 0.2) is 30.5 Å². The van der Waals surface area contributed by atoms with Crippen LogP contribution >= 0.6 is 0 Å². The molecule has 1 atom stereocenters. The second kappa shape index (κ2) is 8.46. The molecular formula is C21H23F5N8. The van der Waals surface area contributed by atoms with E-state index < -0.39 is 18.1 Å². The average molecular weight is 482 g/mol. The van der Waals surface area contributed by atoms with Gasteiger partial charge in [-0.1, -0.05) is 11.3 Å². The number of aromatic nitrogens is 6. The van der Waals surface area contributed by atoms with Crippen LogP contribution in [0, 0.1) is 6.92 Å². The molecule has 8 nitrogen and oxygen atoms in total. The highest BCUT2D eigenvalue weighted by Gasteiger charge is 2.39. The summed E-state index contributed by atoms with van der Waals surface area (Å²) in [7, 11) is 1.71. The molecule has 4 heterocycles. The molecule has 3 aromatic heterocycles. The molecule has 1 saturated heterocycles. The van der Waals surface area contributed by atoms with Gasteiger partial charge in [-0.05, 0) is 44.7 Å². The first-order chi connectivity index (χ1) is 15.9. The third-order valence-corrected chi connectivity index (χ3v) is 5.68. The van der Waals surface area contributed by atoms with E-state index >= 15 is 0 Å². The Morgan fingerprint density at radius 1 is 1.18 bits per heavy atom. The number of likely N-dealkylation sites (tertiary alicyclic amines) is 1. The summed E-state index contributed by atoms with van der Waals surface area (Å²) in [6.07, 6.45) is -2.65. The van der Waals surface area contributed by atoms with E-state index in [4.69, 9.17) is 5.73 Å². The summed E-state index contributed by atoms with van der Waals surface area (Å²) in [4.78, 5) is 5.80. The Morgan fingerprint density at radius 3 is 2.50 bits per heavy atom. The molecule has 182 valence electrons. The van der Waals surface area contributed by atoms with Gasteiger partial charge in [-0.15, -0.1) is 10.2 Å². The van der Waals surface area contributed by atoms with Crippen molar-refractivity contribution >= 4 is 22.5 Å². The van der Waals surface area contributed by atoms with E-state index in [0.717, 1.165) is 28.2 Å². The molecule has 2 N–H and O–H groups in total. The van der Waals surface area contributed by atoms with Gasteiger partial charge >= 0.3 is 6.18 Å². The zero-order valence-corrected chi connectivity index (χ0v) is 18.7. The molecule has 1 aliphatic heterocycles. The Morgan fingerprint density at radius 2 is 1.91 bits per heavy atom. The maximum absolute atomic E-state index is 13.1. The Hall–Kier alpha value is -3.35. The molecule has 0 radical (unpaired) electrons. The zero-order chi connectivity index (χ0) is 24.8. The topological polar surface area (TPSA) is 90.2 Å². The second-order valence-electron chi connectivity index (χ2n) is 8.38. The van der Waals surface area contributed by atoms with Gasteiger partial charge < -0.3 is 10.6 Å². The summed E-state index contributed by atoms with van der Waals surface area (Å²) in [6.45, 7) is 3.32. The van der Waals surface area contributed by atoms with Crippen LogP contribution in [0.5, 0.6) is 0 Å². The molecule has 0 aliphatic carbocycles. The summed E-state index contributed by atoms with van der Waals surface area (Å²) >= 11 is 0. The van der Waals surface area contributed by atoms with Crippen molar-refractivity contribution in [3.63, 3.8) is 0 Å². The van der Waals surface area contributed by atoms with Crippen LogP contribution in [0.1, 0.15) is 25.1 Å². The molecule has 1 aliphatic rings. The third kappa shape index (κ3) is 4.65. The van der Waals surface area contributed by atoms with Crippen LogP contribution in [-0.4, -0.2) is 66.7 Å². The molecule has 0 spiro atoms. The lowest BCUT2D eigenvalue weighted by Gasteiger charge is -2.16. The third-order valence-electron chi connectivity index (χ3n) is 5.68. The Labute approximate surface area is 191 Å². The Bertz CT molecular complexity index is 1330. The quantitative estimate of drug-likeness (QED) is 0.433. The lowest BCUT2D eigenvalue weighted by atomic mass is 10.1. The van der Waals surface area contributed by atoms with Crippen LogP contribution in [0.4, 0.5) is 27.9 Å². The molecule has 0 amide bonds. The predicted octanol–water partition coefficient (Wildman–Crippen LogP) is 4.11. The van der Waals surface area contributed by atoms with Crippen molar-refractivity contribution in [1.82, 2.24) is 34.5 Å². The first-order valence-corrected chi connectivity index (χ1v) is 10.5. The first-order valence-electron chi connectivity index (χ1n) is 10.5. The van der Waals surface area contributed by atoms with Crippen molar-refractivity contribution in [3.05, 3.63) is 36.2 Å². The van der Waals surface area contributed by atoms with E-state index in [2.05, 4.69) is 20.4 Å². The molecule has 1 aromatic carbocycles. The number of rotatable bonds is 2. The summed E-state index contributed by atoms with van der Waals surface area (Å²) in [5.74, 6) is -2.26. The molecule has 0 unspecified atom stereocenters. The Kier molecular flexibility index (Phi) is 5.92. The molecule has 0 bridgehead atoms. The lowest BCUT2D eigenvalue weighted by Crippen LogP contribution is -2.24. The van der Waals surface area contributed by atoms with Crippen molar-refractivity contribution in [2.75, 3.05) is 25.9 Å². The van der Waals surface area contributed by atoms with Crippen LogP contribution in [0.3, 0.4) is 0 Å². The number of anilines is 1. The molecule has 34 heavy (non-hydrogen) atoms. The SMILES string of the molecule is CN1CCC(F)(F)C1.Cc1nc(N)nn2ccc(-c3ccc4nnn([C@@H](C)C(F)(F)F)c4c3)c12. The number of benzene rings is 1. The number of hydrogen-bond acceptors (Lipinski definition) is 6. The van der Waals surface area contributed by atoms with E-state index in [9.17, 15) is 22.0 Å². The predicted molar refractivity (Wildman–Crippen MR) is 116 cm³/mol. The van der Waals surface area contributed by atoms with Crippen molar-refractivity contribution in [2.24, 2.45) is 0 Å². The number of nitrogens with zero attached hydrogens (tertiary/aromatic N) is 7. The van der Waals surface area contributed by atoms with E-state index in [1.165, 1.54) is 0 Å². The van der Waals surface area contributed by atoms with E-state index in [1.807, 2.05) is 6.07 Å². The fourth-order valence-corrected chi connectivity index (χ4v) is 3.89. The summed E-state index contributed by atoms with van der Waals surface area (Å²) < 4.78 is 66.1. The standard InChI is InChI=1S/C16H14F3N7.C5H9F2N/c1-8-14-11(5-6-25(14)23-15(20)21-8)10-3-4-12-13(7-10)26(24-22-12)9(2)16(17,18)19;1-8-3-2-5(6,7)4-8/h3-7,9H,1-2H3,(H2,20,23);2-4H2,1H3/t9-;/m0./s1. The maximum Gasteiger partial charge on any atom is 0.410 e. The van der Waals surface area contributed by atoms with Crippen LogP contribution in [-0.2, 0) is 0 Å². The van der Waals surface area contributed by atoms with E-state index in [-0.39, 0.29) is 18.9 Å². The monoisotopic (exact) mass is 482 g/mol. The lowest BCUT2D eigenvalue weighted by molar-refractivity contribution is -0.164. The number of hydrogen-bond donors (Lipinski definition) is 1. The highest BCUT2D eigenvalue weighted by molar-refractivity contribution is 5.88. The van der Waals surface area contributed by atoms with Gasteiger partial charge in [-0.25, -0.2) is 23.0 Å². The minimum absolute atomic E-state index is 0.0312. The van der Waals surface area contributed by atoms with Gasteiger partial charge in [0.25, 0.3) is 5.92 Å². The normalized spacial score (nSPS) is 17.2. The fourth-order valence-electron chi connectivity index (χ4n) is 3.89. The van der Waals surface area contributed by atoms with Gasteiger partial charge in [-0.2, -0.15) is 13.2 Å². The maximum atomic E-state index is 13.1. The van der Waals surface area contributed by atoms with Crippen LogP contribution < -0.4 is 5.73 Å². The number of nitrogen functional groups attached to an aromatic ring is 1. The van der Waals surface area contributed by atoms with Crippen molar-refractivity contribution in [1.29, 1.82) is 0 Å². The van der Waals surface area contributed by atoms with Crippen molar-refractivity contribution < 1.29 is 22.0 Å². The van der Waals surface area contributed by atoms with Gasteiger partial charge in [0.1, 0.15) is 11.6 Å².